The molecule has 0 fully saturated rings. The van der Waals surface area contributed by atoms with Crippen LogP contribution < -0.4 is 0 Å². The van der Waals surface area contributed by atoms with E-state index in [0.717, 1.165) is 16.1 Å². The van der Waals surface area contributed by atoms with Crippen molar-refractivity contribution < 1.29 is 17.9 Å². The van der Waals surface area contributed by atoms with E-state index in [1.165, 1.54) is 12.4 Å². The van der Waals surface area contributed by atoms with E-state index >= 15 is 0 Å². The molecule has 17 heavy (non-hydrogen) atoms. The summed E-state index contributed by atoms with van der Waals surface area (Å²) in [6.07, 6.45) is -1.47. The molecule has 1 aromatic heterocycles. The minimum absolute atomic E-state index is 0.205. The summed E-state index contributed by atoms with van der Waals surface area (Å²) >= 11 is 1.70. The molecule has 0 spiro atoms. The molecule has 0 saturated heterocycles. The van der Waals surface area contributed by atoms with E-state index in [9.17, 15) is 18.4 Å². The highest BCUT2D eigenvalue weighted by Crippen LogP contribution is 2.29. The Kier molecular flexibility index (Phi) is 4.81. The zero-order chi connectivity index (χ0) is 13.1. The van der Waals surface area contributed by atoms with Gasteiger partial charge in [0.05, 0.1) is 11.9 Å². The summed E-state index contributed by atoms with van der Waals surface area (Å²) in [5.74, 6) is -0.967. The van der Waals surface area contributed by atoms with E-state index in [1.807, 2.05) is 0 Å². The van der Waals surface area contributed by atoms with Gasteiger partial charge in [0.25, 0.3) is 0 Å². The van der Waals surface area contributed by atoms with Gasteiger partial charge in [0.2, 0.25) is 0 Å². The van der Waals surface area contributed by atoms with Crippen LogP contribution in [-0.4, -0.2) is 33.9 Å². The average molecular weight is 284 g/mol. The molecule has 0 aliphatic heterocycles. The number of thiazole rings is 1. The van der Waals surface area contributed by atoms with Crippen molar-refractivity contribution in [3.05, 3.63) is 16.3 Å². The van der Waals surface area contributed by atoms with E-state index in [-0.39, 0.29) is 6.04 Å². The zero-order valence-electron chi connectivity index (χ0n) is 9.19. The lowest BCUT2D eigenvalue weighted by Crippen LogP contribution is -2.14. The molecule has 1 heterocycles. The van der Waals surface area contributed by atoms with E-state index in [1.54, 1.807) is 13.8 Å². The molecular formula is C9H11F3N2OS2. The number of hydrogen-bond donors (Lipinski definition) is 0. The SMILES string of the molecule is CC(C)/[N+]([O-])=C/c1cnc(SCC(F)(F)F)s1. The van der Waals surface area contributed by atoms with Crippen molar-refractivity contribution in [3.63, 3.8) is 0 Å². The van der Waals surface area contributed by atoms with Crippen LogP contribution in [0.4, 0.5) is 13.2 Å². The molecule has 0 aromatic carbocycles. The molecule has 0 aliphatic rings. The topological polar surface area (TPSA) is 39.0 Å². The molecular weight excluding hydrogens is 273 g/mol. The van der Waals surface area contributed by atoms with Crippen LogP contribution in [0.25, 0.3) is 0 Å². The molecule has 1 aromatic rings. The summed E-state index contributed by atoms with van der Waals surface area (Å²) in [6.45, 7) is 3.45. The summed E-state index contributed by atoms with van der Waals surface area (Å²) in [7, 11) is 0. The summed E-state index contributed by atoms with van der Waals surface area (Å²) in [5.41, 5.74) is 0. The van der Waals surface area contributed by atoms with Gasteiger partial charge in [-0.1, -0.05) is 11.8 Å². The van der Waals surface area contributed by atoms with Crippen LogP contribution in [0.5, 0.6) is 0 Å². The number of alkyl halides is 3. The van der Waals surface area contributed by atoms with Gasteiger partial charge >= 0.3 is 6.18 Å². The predicted octanol–water partition coefficient (Wildman–Crippen LogP) is 3.14. The number of hydrogen-bond acceptors (Lipinski definition) is 4. The van der Waals surface area contributed by atoms with Crippen LogP contribution in [0.2, 0.25) is 0 Å². The van der Waals surface area contributed by atoms with Gasteiger partial charge in [-0.3, -0.25) is 0 Å². The lowest BCUT2D eigenvalue weighted by molar-refractivity contribution is -0.486. The Morgan fingerprint density at radius 2 is 2.24 bits per heavy atom. The fourth-order valence-electron chi connectivity index (χ4n) is 0.814. The van der Waals surface area contributed by atoms with Crippen LogP contribution in [0, 0.1) is 5.21 Å². The van der Waals surface area contributed by atoms with Crippen LogP contribution >= 0.6 is 23.1 Å². The lowest BCUT2D eigenvalue weighted by Gasteiger charge is -2.05. The van der Waals surface area contributed by atoms with Gasteiger partial charge in [0, 0.05) is 0 Å². The molecule has 1 rings (SSSR count). The fourth-order valence-corrected chi connectivity index (χ4v) is 2.50. The first-order chi connectivity index (χ1) is 7.78. The first kappa shape index (κ1) is 14.3. The van der Waals surface area contributed by atoms with Crippen LogP contribution in [0.15, 0.2) is 10.5 Å². The van der Waals surface area contributed by atoms with E-state index < -0.39 is 11.9 Å². The molecule has 0 bridgehead atoms. The van der Waals surface area contributed by atoms with E-state index in [4.69, 9.17) is 0 Å². The van der Waals surface area contributed by atoms with Gasteiger partial charge in [0.1, 0.15) is 4.88 Å². The smallest absolute Gasteiger partial charge is 0.398 e. The number of aromatic nitrogens is 1. The Labute approximate surface area is 105 Å². The first-order valence-corrected chi connectivity index (χ1v) is 6.54. The third kappa shape index (κ3) is 5.40. The summed E-state index contributed by atoms with van der Waals surface area (Å²) < 4.78 is 36.9. The highest BCUT2D eigenvalue weighted by Gasteiger charge is 2.27. The van der Waals surface area contributed by atoms with E-state index in [0.29, 0.717) is 21.0 Å². The Hall–Kier alpha value is -0.760. The monoisotopic (exact) mass is 284 g/mol. The molecule has 0 radical (unpaired) electrons. The molecule has 0 atom stereocenters. The van der Waals surface area contributed by atoms with Gasteiger partial charge in [0.15, 0.2) is 16.6 Å². The Bertz CT molecular complexity index is 401. The van der Waals surface area contributed by atoms with Crippen molar-refractivity contribution >= 4 is 29.3 Å². The molecule has 0 aliphatic carbocycles. The van der Waals surface area contributed by atoms with Gasteiger partial charge < -0.3 is 5.21 Å². The summed E-state index contributed by atoms with van der Waals surface area (Å²) in [4.78, 5) is 4.37. The van der Waals surface area contributed by atoms with Gasteiger partial charge in [-0.15, -0.1) is 11.3 Å². The number of thioether (sulfide) groups is 1. The predicted molar refractivity (Wildman–Crippen MR) is 62.8 cm³/mol. The van der Waals surface area contributed by atoms with Crippen LogP contribution in [-0.2, 0) is 0 Å². The number of nitrogens with zero attached hydrogens (tertiary/aromatic N) is 2. The minimum Gasteiger partial charge on any atom is -0.624 e. The first-order valence-electron chi connectivity index (χ1n) is 4.73. The van der Waals surface area contributed by atoms with Crippen molar-refractivity contribution in [2.45, 2.75) is 30.4 Å². The number of halogens is 3. The molecule has 0 saturated carbocycles. The molecule has 8 heteroatoms. The van der Waals surface area contributed by atoms with Crippen LogP contribution in [0.3, 0.4) is 0 Å². The Morgan fingerprint density at radius 3 is 2.76 bits per heavy atom. The van der Waals surface area contributed by atoms with Crippen molar-refractivity contribution in [3.8, 4) is 0 Å². The maximum absolute atomic E-state index is 12.0. The van der Waals surface area contributed by atoms with Crippen molar-refractivity contribution in [1.29, 1.82) is 0 Å². The average Bonchev–Trinajstić information content (AvgIpc) is 2.61. The largest absolute Gasteiger partial charge is 0.624 e. The second-order valence-corrected chi connectivity index (χ2v) is 5.80. The third-order valence-electron chi connectivity index (χ3n) is 1.63. The second-order valence-electron chi connectivity index (χ2n) is 3.52. The quantitative estimate of drug-likeness (QED) is 0.280. The molecule has 0 amide bonds. The normalized spacial score (nSPS) is 13.4. The molecule has 0 unspecified atom stereocenters. The van der Waals surface area contributed by atoms with Crippen molar-refractivity contribution in [2.75, 3.05) is 5.75 Å². The second kappa shape index (κ2) is 5.72. The molecule has 3 nitrogen and oxygen atoms in total. The minimum atomic E-state index is -4.21. The highest BCUT2D eigenvalue weighted by molar-refractivity contribution is 8.01. The summed E-state index contributed by atoms with van der Waals surface area (Å²) in [6, 6.07) is -0.205. The fraction of sp³-hybridized carbons (Fsp3) is 0.556. The standard InChI is InChI=1S/C9H11F3N2OS2/c1-6(2)14(15)4-7-3-13-8(17-7)16-5-9(10,11)12/h3-4,6H,5H2,1-2H3/b14-4-. The Balaban J connectivity index is 2.63. The van der Waals surface area contributed by atoms with Gasteiger partial charge in [-0.2, -0.15) is 13.2 Å². The van der Waals surface area contributed by atoms with Crippen LogP contribution in [0.1, 0.15) is 18.7 Å². The number of rotatable bonds is 4. The number of hydroxylamine groups is 1. The lowest BCUT2D eigenvalue weighted by atomic mass is 10.4. The maximum atomic E-state index is 12.0. The zero-order valence-corrected chi connectivity index (χ0v) is 10.8. The molecule has 0 N–H and O–H groups in total. The highest BCUT2D eigenvalue weighted by atomic mass is 32.2. The van der Waals surface area contributed by atoms with Crippen molar-refractivity contribution in [2.24, 2.45) is 0 Å². The van der Waals surface area contributed by atoms with Gasteiger partial charge in [-0.05, 0) is 13.8 Å². The van der Waals surface area contributed by atoms with Crippen molar-refractivity contribution in [1.82, 2.24) is 4.98 Å². The third-order valence-corrected chi connectivity index (χ3v) is 3.78. The van der Waals surface area contributed by atoms with Gasteiger partial charge in [-0.25, -0.2) is 9.72 Å². The molecule has 96 valence electrons. The Morgan fingerprint density at radius 1 is 1.59 bits per heavy atom. The maximum Gasteiger partial charge on any atom is 0.398 e. The summed E-state index contributed by atoms with van der Waals surface area (Å²) in [5, 5.41) is 11.3. The van der Waals surface area contributed by atoms with E-state index in [2.05, 4.69) is 4.98 Å².